The molecule has 0 aliphatic rings. The molecule has 106 valence electrons. The molecule has 2 rings (SSSR count). The molecule has 0 aliphatic heterocycles. The highest BCUT2D eigenvalue weighted by atomic mass is 16.5. The predicted molar refractivity (Wildman–Crippen MR) is 76.6 cm³/mol. The molecule has 0 atom stereocenters. The average molecular weight is 285 g/mol. The summed E-state index contributed by atoms with van der Waals surface area (Å²) >= 11 is 0. The van der Waals surface area contributed by atoms with Gasteiger partial charge < -0.3 is 14.9 Å². The lowest BCUT2D eigenvalue weighted by atomic mass is 10.2. The van der Waals surface area contributed by atoms with E-state index in [0.29, 0.717) is 5.75 Å². The fourth-order valence-electron chi connectivity index (χ4n) is 1.62. The van der Waals surface area contributed by atoms with Crippen LogP contribution in [-0.4, -0.2) is 16.2 Å². The molecule has 0 aromatic heterocycles. The summed E-state index contributed by atoms with van der Waals surface area (Å²) in [5, 5.41) is 20.6. The van der Waals surface area contributed by atoms with Crippen LogP contribution in [0.3, 0.4) is 0 Å². The van der Waals surface area contributed by atoms with E-state index in [1.165, 1.54) is 18.2 Å². The zero-order valence-corrected chi connectivity index (χ0v) is 10.8. The van der Waals surface area contributed by atoms with Crippen molar-refractivity contribution >= 4 is 17.7 Å². The molecular weight excluding hydrogens is 274 g/mol. The second-order valence-electron chi connectivity index (χ2n) is 4.07. The normalized spacial score (nSPS) is 10.5. The van der Waals surface area contributed by atoms with Crippen LogP contribution in [0.1, 0.15) is 15.9 Å². The molecule has 0 fully saturated rings. The minimum Gasteiger partial charge on any atom is -0.516 e. The summed E-state index contributed by atoms with van der Waals surface area (Å²) in [6, 6.07) is 10.1. The molecule has 0 bridgehead atoms. The molecular formula is C15H11NO5. The van der Waals surface area contributed by atoms with Crippen molar-refractivity contribution in [2.75, 3.05) is 0 Å². The minimum atomic E-state index is -0.676. The van der Waals surface area contributed by atoms with Gasteiger partial charge in [-0.2, -0.15) is 0 Å². The van der Waals surface area contributed by atoms with Crippen LogP contribution in [0.25, 0.3) is 6.08 Å². The summed E-state index contributed by atoms with van der Waals surface area (Å²) in [6.07, 6.45) is 2.39. The number of esters is 1. The average Bonchev–Trinajstić information content (AvgIpc) is 2.50. The van der Waals surface area contributed by atoms with E-state index >= 15 is 0 Å². The highest BCUT2D eigenvalue weighted by molar-refractivity contribution is 5.92. The van der Waals surface area contributed by atoms with E-state index in [0.717, 1.165) is 17.9 Å². The number of phenolic OH excluding ortho intramolecular Hbond substituents is 1. The van der Waals surface area contributed by atoms with E-state index in [-0.39, 0.29) is 17.0 Å². The first-order valence-corrected chi connectivity index (χ1v) is 5.93. The van der Waals surface area contributed by atoms with Gasteiger partial charge in [0.25, 0.3) is 0 Å². The second-order valence-corrected chi connectivity index (χ2v) is 4.07. The van der Waals surface area contributed by atoms with Gasteiger partial charge in [0.2, 0.25) is 0 Å². The molecule has 0 saturated heterocycles. The maximum Gasteiger partial charge on any atom is 0.343 e. The Balaban J connectivity index is 2.15. The molecule has 2 aromatic rings. The van der Waals surface area contributed by atoms with Crippen molar-refractivity contribution in [3.63, 3.8) is 0 Å². The van der Waals surface area contributed by atoms with Crippen molar-refractivity contribution in [2.45, 2.75) is 0 Å². The number of nitrogens with zero attached hydrogens (tertiary/aromatic N) is 1. The number of rotatable bonds is 4. The Morgan fingerprint density at radius 1 is 1.14 bits per heavy atom. The molecule has 0 heterocycles. The van der Waals surface area contributed by atoms with Gasteiger partial charge in [-0.1, -0.05) is 12.1 Å². The number of carbonyl (C=O) groups is 1. The molecule has 0 radical (unpaired) electrons. The predicted octanol–water partition coefficient (Wildman–Crippen LogP) is 3.54. The minimum absolute atomic E-state index is 0.0988. The monoisotopic (exact) mass is 285 g/mol. The molecule has 2 N–H and O–H groups in total. The third-order valence-electron chi connectivity index (χ3n) is 2.67. The van der Waals surface area contributed by atoms with Crippen LogP contribution in [0.5, 0.6) is 11.5 Å². The van der Waals surface area contributed by atoms with Crippen LogP contribution >= 0.6 is 0 Å². The number of hydrogen-bond acceptors (Lipinski definition) is 6. The van der Waals surface area contributed by atoms with Gasteiger partial charge in [0.05, 0.1) is 11.8 Å². The molecule has 6 nitrogen and oxygen atoms in total. The lowest BCUT2D eigenvalue weighted by Gasteiger charge is -2.05. The lowest BCUT2D eigenvalue weighted by molar-refractivity contribution is 0.0735. The van der Waals surface area contributed by atoms with Crippen molar-refractivity contribution < 1.29 is 19.7 Å². The molecule has 0 saturated carbocycles. The van der Waals surface area contributed by atoms with Gasteiger partial charge >= 0.3 is 5.97 Å². The quantitative estimate of drug-likeness (QED) is 0.387. The summed E-state index contributed by atoms with van der Waals surface area (Å²) < 4.78 is 5.12. The van der Waals surface area contributed by atoms with Crippen molar-refractivity contribution in [3.8, 4) is 11.5 Å². The highest BCUT2D eigenvalue weighted by Gasteiger charge is 2.12. The fraction of sp³-hybridized carbons (Fsp3) is 0. The van der Waals surface area contributed by atoms with Gasteiger partial charge in [0.1, 0.15) is 17.2 Å². The van der Waals surface area contributed by atoms with E-state index in [2.05, 4.69) is 5.18 Å². The van der Waals surface area contributed by atoms with Gasteiger partial charge in [-0.25, -0.2) is 4.79 Å². The maximum atomic E-state index is 11.9. The number of aliphatic hydroxyl groups is 1. The first kappa shape index (κ1) is 14.3. The Hall–Kier alpha value is -3.15. The Morgan fingerprint density at radius 3 is 2.48 bits per heavy atom. The topological polar surface area (TPSA) is 96.2 Å². The molecule has 21 heavy (non-hydrogen) atoms. The number of nitroso groups, excluding NO2 is 1. The zero-order chi connectivity index (χ0) is 15.2. The smallest absolute Gasteiger partial charge is 0.343 e. The van der Waals surface area contributed by atoms with E-state index in [1.807, 2.05) is 0 Å². The van der Waals surface area contributed by atoms with Crippen LogP contribution in [0.15, 0.2) is 53.9 Å². The highest BCUT2D eigenvalue weighted by Crippen LogP contribution is 2.27. The summed E-state index contributed by atoms with van der Waals surface area (Å²) in [6.45, 7) is 0. The first-order valence-electron chi connectivity index (χ1n) is 5.93. The maximum absolute atomic E-state index is 11.9. The summed E-state index contributed by atoms with van der Waals surface area (Å²) in [7, 11) is 0. The van der Waals surface area contributed by atoms with Crippen molar-refractivity contribution in [3.05, 3.63) is 64.8 Å². The first-order chi connectivity index (χ1) is 10.1. The largest absolute Gasteiger partial charge is 0.516 e. The van der Waals surface area contributed by atoms with Gasteiger partial charge in [-0.05, 0) is 47.1 Å². The number of aliphatic hydroxyl groups excluding tert-OH is 1. The van der Waals surface area contributed by atoms with E-state index in [9.17, 15) is 14.8 Å². The van der Waals surface area contributed by atoms with Crippen LogP contribution in [-0.2, 0) is 0 Å². The van der Waals surface area contributed by atoms with Gasteiger partial charge in [-0.3, -0.25) is 0 Å². The van der Waals surface area contributed by atoms with Crippen molar-refractivity contribution in [1.29, 1.82) is 0 Å². The number of hydrogen-bond donors (Lipinski definition) is 2. The Labute approximate surface area is 119 Å². The number of benzene rings is 2. The third-order valence-corrected chi connectivity index (χ3v) is 2.67. The number of aromatic hydroxyl groups is 1. The Bertz CT molecular complexity index is 692. The van der Waals surface area contributed by atoms with Crippen LogP contribution in [0.4, 0.5) is 5.69 Å². The SMILES string of the molecule is O=Nc1cc(C(=O)Oc2ccc(/C=C/O)cc2)ccc1O. The zero-order valence-electron chi connectivity index (χ0n) is 10.8. The molecule has 0 amide bonds. The van der Waals surface area contributed by atoms with Crippen LogP contribution < -0.4 is 4.74 Å². The summed E-state index contributed by atoms with van der Waals surface area (Å²) in [4.78, 5) is 22.4. The van der Waals surface area contributed by atoms with E-state index in [4.69, 9.17) is 9.84 Å². The van der Waals surface area contributed by atoms with Crippen molar-refractivity contribution in [2.24, 2.45) is 5.18 Å². The molecule has 0 spiro atoms. The fourth-order valence-corrected chi connectivity index (χ4v) is 1.62. The number of phenols is 1. The van der Waals surface area contributed by atoms with Crippen molar-refractivity contribution in [1.82, 2.24) is 0 Å². The van der Waals surface area contributed by atoms with E-state index < -0.39 is 5.97 Å². The van der Waals surface area contributed by atoms with Crippen LogP contribution in [0.2, 0.25) is 0 Å². The summed E-state index contributed by atoms with van der Waals surface area (Å²) in [5.74, 6) is -0.671. The third kappa shape index (κ3) is 3.44. The van der Waals surface area contributed by atoms with Gasteiger partial charge in [0.15, 0.2) is 0 Å². The molecule has 2 aromatic carbocycles. The molecule has 0 aliphatic carbocycles. The van der Waals surface area contributed by atoms with E-state index in [1.54, 1.807) is 24.3 Å². The van der Waals surface area contributed by atoms with Gasteiger partial charge in [0, 0.05) is 0 Å². The Kier molecular flexibility index (Phi) is 4.30. The van der Waals surface area contributed by atoms with Gasteiger partial charge in [-0.15, -0.1) is 4.91 Å². The second kappa shape index (κ2) is 6.33. The Morgan fingerprint density at radius 2 is 1.86 bits per heavy atom. The lowest BCUT2D eigenvalue weighted by Crippen LogP contribution is -2.08. The number of carbonyl (C=O) groups excluding carboxylic acids is 1. The standard InChI is InChI=1S/C15H11NO5/c17-8-7-10-1-4-12(5-2-10)21-15(19)11-3-6-14(18)13(9-11)16-20/h1-9,17-18H/b8-7+. The van der Waals surface area contributed by atoms with Crippen LogP contribution in [0, 0.1) is 4.91 Å². The number of ether oxygens (including phenoxy) is 1. The molecule has 6 heteroatoms. The summed E-state index contributed by atoms with van der Waals surface area (Å²) in [5.41, 5.74) is 0.615. The molecule has 0 unspecified atom stereocenters.